The molecule has 0 radical (unpaired) electrons. The van der Waals surface area contributed by atoms with Crippen LogP contribution in [0.3, 0.4) is 0 Å². The van der Waals surface area contributed by atoms with E-state index in [1.807, 2.05) is 4.57 Å². The molecule has 2 N–H and O–H groups in total. The van der Waals surface area contributed by atoms with Crippen molar-refractivity contribution >= 4 is 34.8 Å². The average molecular weight is 355 g/mol. The topological polar surface area (TPSA) is 102 Å². The van der Waals surface area contributed by atoms with Crippen LogP contribution in [-0.2, 0) is 11.3 Å². The number of primary amides is 1. The molecule has 3 heterocycles. The van der Waals surface area contributed by atoms with Crippen LogP contribution in [0.15, 0.2) is 18.2 Å². The molecule has 1 atom stereocenters. The molecule has 1 aromatic heterocycles. The third-order valence-corrected chi connectivity index (χ3v) is 4.96. The molecule has 4 rings (SSSR count). The molecular weight excluding hydrogens is 334 g/mol. The van der Waals surface area contributed by atoms with Gasteiger partial charge in [0.1, 0.15) is 6.04 Å². The number of nitrogens with two attached hydrogens (primary N) is 1. The molecule has 2 aliphatic heterocycles. The monoisotopic (exact) mass is 355 g/mol. The molecule has 2 fully saturated rings. The number of rotatable bonds is 4. The molecule has 4 amide bonds. The van der Waals surface area contributed by atoms with E-state index in [2.05, 4.69) is 18.8 Å². The maximum atomic E-state index is 12.8. The zero-order chi connectivity index (χ0) is 18.6. The lowest BCUT2D eigenvalue weighted by atomic mass is 10.2. The fourth-order valence-electron chi connectivity index (χ4n) is 3.79. The Labute approximate surface area is 150 Å². The molecule has 0 saturated carbocycles. The van der Waals surface area contributed by atoms with Crippen molar-refractivity contribution in [2.24, 2.45) is 11.7 Å². The molecule has 2 saturated heterocycles. The third-order valence-electron chi connectivity index (χ3n) is 4.96. The summed E-state index contributed by atoms with van der Waals surface area (Å²) in [6.45, 7) is 5.31. The third kappa shape index (κ3) is 2.36. The summed E-state index contributed by atoms with van der Waals surface area (Å²) in [5.74, 6) is -0.155. The Morgan fingerprint density at radius 2 is 2.12 bits per heavy atom. The number of amides is 4. The molecule has 0 aliphatic carbocycles. The van der Waals surface area contributed by atoms with Crippen molar-refractivity contribution in [1.29, 1.82) is 0 Å². The highest BCUT2D eigenvalue weighted by Gasteiger charge is 2.49. The van der Waals surface area contributed by atoms with Gasteiger partial charge in [-0.3, -0.25) is 9.59 Å². The van der Waals surface area contributed by atoms with E-state index < -0.39 is 5.91 Å². The van der Waals surface area contributed by atoms with Crippen LogP contribution in [0.2, 0.25) is 0 Å². The Balaban J connectivity index is 1.86. The zero-order valence-corrected chi connectivity index (χ0v) is 14.8. The SMILES string of the molecule is CC(C)Cn1c(N2C(=O)[C@@H]3CCCN3C2=O)nc2cc(C(N)=O)ccc21. The van der Waals surface area contributed by atoms with Gasteiger partial charge in [0.2, 0.25) is 11.9 Å². The second-order valence-electron chi connectivity index (χ2n) is 7.29. The minimum absolute atomic E-state index is 0.220. The highest BCUT2D eigenvalue weighted by molar-refractivity contribution is 6.21. The number of nitrogens with zero attached hydrogens (tertiary/aromatic N) is 4. The van der Waals surface area contributed by atoms with Gasteiger partial charge in [0.25, 0.3) is 5.91 Å². The van der Waals surface area contributed by atoms with Crippen molar-refractivity contribution in [3.05, 3.63) is 23.8 Å². The Hall–Kier alpha value is -2.90. The minimum Gasteiger partial charge on any atom is -0.366 e. The van der Waals surface area contributed by atoms with E-state index in [-0.39, 0.29) is 23.9 Å². The first kappa shape index (κ1) is 16.6. The van der Waals surface area contributed by atoms with Crippen molar-refractivity contribution in [3.8, 4) is 0 Å². The van der Waals surface area contributed by atoms with Gasteiger partial charge in [0.15, 0.2) is 0 Å². The summed E-state index contributed by atoms with van der Waals surface area (Å²) >= 11 is 0. The van der Waals surface area contributed by atoms with Crippen molar-refractivity contribution in [1.82, 2.24) is 14.5 Å². The second kappa shape index (κ2) is 5.82. The van der Waals surface area contributed by atoms with Gasteiger partial charge < -0.3 is 15.2 Å². The zero-order valence-electron chi connectivity index (χ0n) is 14.8. The van der Waals surface area contributed by atoms with Gasteiger partial charge >= 0.3 is 6.03 Å². The molecule has 0 spiro atoms. The molecule has 0 unspecified atom stereocenters. The summed E-state index contributed by atoms with van der Waals surface area (Å²) in [5, 5.41) is 0. The number of urea groups is 1. The van der Waals surface area contributed by atoms with Crippen LogP contribution < -0.4 is 10.6 Å². The van der Waals surface area contributed by atoms with Gasteiger partial charge in [0, 0.05) is 18.7 Å². The summed E-state index contributed by atoms with van der Waals surface area (Å²) in [6, 6.07) is 4.31. The van der Waals surface area contributed by atoms with Crippen LogP contribution in [0.1, 0.15) is 37.0 Å². The second-order valence-corrected chi connectivity index (χ2v) is 7.29. The molecule has 26 heavy (non-hydrogen) atoms. The normalized spacial score (nSPS) is 19.9. The highest BCUT2D eigenvalue weighted by Crippen LogP contribution is 2.33. The number of aromatic nitrogens is 2. The van der Waals surface area contributed by atoms with Gasteiger partial charge in [-0.2, -0.15) is 4.90 Å². The van der Waals surface area contributed by atoms with Gasteiger partial charge in [0.05, 0.1) is 11.0 Å². The van der Waals surface area contributed by atoms with E-state index in [4.69, 9.17) is 5.73 Å². The van der Waals surface area contributed by atoms with Gasteiger partial charge in [-0.1, -0.05) is 13.8 Å². The largest absolute Gasteiger partial charge is 0.366 e. The molecule has 2 aromatic rings. The fourth-order valence-corrected chi connectivity index (χ4v) is 3.79. The molecular formula is C18H21N5O3. The first-order valence-electron chi connectivity index (χ1n) is 8.83. The molecule has 8 nitrogen and oxygen atoms in total. The number of carbonyl (C=O) groups is 3. The minimum atomic E-state index is -0.541. The molecule has 8 heteroatoms. The number of anilines is 1. The molecule has 2 aliphatic rings. The van der Waals surface area contributed by atoms with Gasteiger partial charge in [-0.05, 0) is 37.0 Å². The number of carbonyl (C=O) groups excluding carboxylic acids is 3. The predicted octanol–water partition coefficient (Wildman–Crippen LogP) is 1.72. The van der Waals surface area contributed by atoms with Crippen molar-refractivity contribution < 1.29 is 14.4 Å². The van der Waals surface area contributed by atoms with Crippen molar-refractivity contribution in [3.63, 3.8) is 0 Å². The maximum absolute atomic E-state index is 12.8. The summed E-state index contributed by atoms with van der Waals surface area (Å²) in [4.78, 5) is 44.4. The number of imidazole rings is 1. The van der Waals surface area contributed by atoms with E-state index in [0.717, 1.165) is 11.9 Å². The van der Waals surface area contributed by atoms with E-state index in [1.165, 1.54) is 4.90 Å². The lowest BCUT2D eigenvalue weighted by molar-refractivity contribution is -0.119. The van der Waals surface area contributed by atoms with E-state index >= 15 is 0 Å². The van der Waals surface area contributed by atoms with Crippen LogP contribution in [0.25, 0.3) is 11.0 Å². The Morgan fingerprint density at radius 1 is 1.35 bits per heavy atom. The van der Waals surface area contributed by atoms with Crippen molar-refractivity contribution in [2.45, 2.75) is 39.3 Å². The highest BCUT2D eigenvalue weighted by atomic mass is 16.2. The van der Waals surface area contributed by atoms with Crippen LogP contribution in [0.5, 0.6) is 0 Å². The van der Waals surface area contributed by atoms with Crippen LogP contribution in [-0.4, -0.2) is 44.9 Å². The first-order valence-corrected chi connectivity index (χ1v) is 8.83. The summed E-state index contributed by atoms with van der Waals surface area (Å²) in [6.07, 6.45) is 1.54. The van der Waals surface area contributed by atoms with Gasteiger partial charge in [-0.25, -0.2) is 9.78 Å². The Morgan fingerprint density at radius 3 is 2.77 bits per heavy atom. The number of fused-ring (bicyclic) bond motifs is 2. The standard InChI is InChI=1S/C18H21N5O3/c1-10(2)9-22-13-6-5-11(15(19)24)8-12(13)20-17(22)23-16(25)14-4-3-7-21(14)18(23)26/h5-6,8,10,14H,3-4,7,9H2,1-2H3,(H2,19,24)/t14-/m0/s1. The van der Waals surface area contributed by atoms with E-state index in [9.17, 15) is 14.4 Å². The molecule has 136 valence electrons. The average Bonchev–Trinajstić information content (AvgIpc) is 3.24. The quantitative estimate of drug-likeness (QED) is 0.844. The van der Waals surface area contributed by atoms with Crippen molar-refractivity contribution in [2.75, 3.05) is 11.4 Å². The van der Waals surface area contributed by atoms with Crippen LogP contribution in [0.4, 0.5) is 10.7 Å². The molecule has 0 bridgehead atoms. The fraction of sp³-hybridized carbons (Fsp3) is 0.444. The van der Waals surface area contributed by atoms with Crippen LogP contribution in [0, 0.1) is 5.92 Å². The number of benzene rings is 1. The Bertz CT molecular complexity index is 910. The predicted molar refractivity (Wildman–Crippen MR) is 95.7 cm³/mol. The van der Waals surface area contributed by atoms with E-state index in [1.54, 1.807) is 23.1 Å². The summed E-state index contributed by atoms with van der Waals surface area (Å²) in [5.41, 5.74) is 7.02. The number of hydrogen-bond donors (Lipinski definition) is 1. The smallest absolute Gasteiger partial charge is 0.334 e. The molecule has 1 aromatic carbocycles. The maximum Gasteiger partial charge on any atom is 0.334 e. The van der Waals surface area contributed by atoms with E-state index in [0.29, 0.717) is 36.5 Å². The number of hydrogen-bond acceptors (Lipinski definition) is 4. The number of imide groups is 1. The summed E-state index contributed by atoms with van der Waals surface area (Å²) in [7, 11) is 0. The lowest BCUT2D eigenvalue weighted by Gasteiger charge is -2.18. The first-order chi connectivity index (χ1) is 12.4. The Kier molecular flexibility index (Phi) is 3.71. The van der Waals surface area contributed by atoms with Crippen LogP contribution >= 0.6 is 0 Å². The lowest BCUT2D eigenvalue weighted by Crippen LogP contribution is -2.35. The van der Waals surface area contributed by atoms with Gasteiger partial charge in [-0.15, -0.1) is 0 Å². The summed E-state index contributed by atoms with van der Waals surface area (Å²) < 4.78 is 1.88.